The molecule has 0 aliphatic carbocycles. The number of hydrogen-bond donors (Lipinski definition) is 2. The number of hydrogen-bond acceptors (Lipinski definition) is 8. The molecular formula is C25H35NO6S. The van der Waals surface area contributed by atoms with Gasteiger partial charge in [-0.2, -0.15) is 0 Å². The fourth-order valence-corrected chi connectivity index (χ4v) is 5.58. The van der Waals surface area contributed by atoms with Gasteiger partial charge in [0, 0.05) is 17.0 Å². The number of benzene rings is 2. The van der Waals surface area contributed by atoms with Gasteiger partial charge in [0.25, 0.3) is 0 Å². The van der Waals surface area contributed by atoms with Crippen molar-refractivity contribution in [2.75, 3.05) is 53.5 Å². The zero-order chi connectivity index (χ0) is 23.8. The van der Waals surface area contributed by atoms with Crippen LogP contribution in [0.5, 0.6) is 28.7 Å². The molecule has 0 saturated carbocycles. The second-order valence-electron chi connectivity index (χ2n) is 7.75. The van der Waals surface area contributed by atoms with Crippen molar-refractivity contribution in [2.24, 2.45) is 0 Å². The molecule has 3 rings (SSSR count). The van der Waals surface area contributed by atoms with Gasteiger partial charge in [0.1, 0.15) is 0 Å². The highest BCUT2D eigenvalue weighted by molar-refractivity contribution is 8.00. The number of methoxy groups -OCH3 is 4. The van der Waals surface area contributed by atoms with Crippen molar-refractivity contribution in [1.29, 1.82) is 0 Å². The molecule has 2 N–H and O–H groups in total. The van der Waals surface area contributed by atoms with E-state index in [0.29, 0.717) is 52.4 Å². The van der Waals surface area contributed by atoms with E-state index in [1.54, 1.807) is 28.4 Å². The van der Waals surface area contributed by atoms with E-state index < -0.39 is 0 Å². The number of nitrogens with one attached hydrogen (secondary N) is 1. The maximum atomic E-state index is 9.32. The number of rotatable bonds is 12. The molecule has 1 heterocycles. The van der Waals surface area contributed by atoms with E-state index in [2.05, 4.69) is 24.4 Å². The van der Waals surface area contributed by atoms with Gasteiger partial charge in [-0.1, -0.05) is 6.92 Å². The Morgan fingerprint density at radius 1 is 0.848 bits per heavy atom. The molecule has 1 aliphatic heterocycles. The van der Waals surface area contributed by atoms with E-state index in [0.717, 1.165) is 30.5 Å². The summed E-state index contributed by atoms with van der Waals surface area (Å²) >= 11 is 1.92. The molecule has 0 aromatic heterocycles. The third-order valence-corrected chi connectivity index (χ3v) is 7.30. The van der Waals surface area contributed by atoms with Gasteiger partial charge in [-0.3, -0.25) is 0 Å². The molecular weight excluding hydrogens is 442 g/mol. The van der Waals surface area contributed by atoms with Crippen LogP contribution in [0.15, 0.2) is 24.3 Å². The molecule has 8 heteroatoms. The second kappa shape index (κ2) is 12.1. The second-order valence-corrected chi connectivity index (χ2v) is 9.16. The summed E-state index contributed by atoms with van der Waals surface area (Å²) in [5.74, 6) is 3.35. The van der Waals surface area contributed by atoms with Gasteiger partial charge in [-0.15, -0.1) is 11.8 Å². The highest BCUT2D eigenvalue weighted by Crippen LogP contribution is 2.55. The fourth-order valence-electron chi connectivity index (χ4n) is 4.05. The van der Waals surface area contributed by atoms with Crippen molar-refractivity contribution in [1.82, 2.24) is 0 Å². The molecule has 0 spiro atoms. The zero-order valence-corrected chi connectivity index (χ0v) is 20.9. The smallest absolute Gasteiger partial charge is 0.203 e. The van der Waals surface area contributed by atoms with Gasteiger partial charge >= 0.3 is 0 Å². The third kappa shape index (κ3) is 5.73. The number of aliphatic hydroxyl groups is 1. The zero-order valence-electron chi connectivity index (χ0n) is 20.1. The summed E-state index contributed by atoms with van der Waals surface area (Å²) in [6.45, 7) is 3.16. The van der Waals surface area contributed by atoms with Gasteiger partial charge in [0.05, 0.1) is 47.3 Å². The van der Waals surface area contributed by atoms with Crippen LogP contribution in [0.4, 0.5) is 5.69 Å². The molecule has 0 radical (unpaired) electrons. The number of ether oxygens (including phenoxy) is 5. The Kier molecular flexibility index (Phi) is 9.26. The highest BCUT2D eigenvalue weighted by Gasteiger charge is 2.30. The van der Waals surface area contributed by atoms with Crippen LogP contribution in [0.3, 0.4) is 0 Å². The van der Waals surface area contributed by atoms with Crippen molar-refractivity contribution in [3.05, 3.63) is 35.4 Å². The molecule has 33 heavy (non-hydrogen) atoms. The van der Waals surface area contributed by atoms with Crippen LogP contribution in [-0.4, -0.2) is 53.3 Å². The van der Waals surface area contributed by atoms with Crippen LogP contribution in [0.2, 0.25) is 0 Å². The van der Waals surface area contributed by atoms with Crippen LogP contribution in [-0.2, 0) is 0 Å². The molecule has 0 bridgehead atoms. The van der Waals surface area contributed by atoms with E-state index in [9.17, 15) is 5.11 Å². The molecule has 7 nitrogen and oxygen atoms in total. The first-order valence-corrected chi connectivity index (χ1v) is 12.2. The summed E-state index contributed by atoms with van der Waals surface area (Å²) in [5, 5.41) is 13.2. The molecule has 2 aromatic rings. The lowest BCUT2D eigenvalue weighted by molar-refractivity contribution is 0.294. The topological polar surface area (TPSA) is 78.4 Å². The van der Waals surface area contributed by atoms with Gasteiger partial charge in [0.2, 0.25) is 5.75 Å². The van der Waals surface area contributed by atoms with E-state index in [1.165, 1.54) is 5.56 Å². The van der Waals surface area contributed by atoms with Crippen LogP contribution in [0, 0.1) is 0 Å². The number of anilines is 1. The summed E-state index contributed by atoms with van der Waals surface area (Å²) in [7, 11) is 6.56. The molecule has 2 aromatic carbocycles. The minimum atomic E-state index is 0.0428. The maximum absolute atomic E-state index is 9.32. The van der Waals surface area contributed by atoms with Crippen molar-refractivity contribution < 1.29 is 28.8 Å². The van der Waals surface area contributed by atoms with Gasteiger partial charge < -0.3 is 34.1 Å². The van der Waals surface area contributed by atoms with Crippen molar-refractivity contribution in [3.63, 3.8) is 0 Å². The first kappa shape index (κ1) is 25.2. The molecule has 0 unspecified atom stereocenters. The van der Waals surface area contributed by atoms with E-state index in [1.807, 2.05) is 23.9 Å². The summed E-state index contributed by atoms with van der Waals surface area (Å²) in [6, 6.07) is 8.28. The minimum Gasteiger partial charge on any atom is -0.493 e. The Labute approximate surface area is 200 Å². The molecule has 182 valence electrons. The van der Waals surface area contributed by atoms with Crippen LogP contribution in [0.1, 0.15) is 47.8 Å². The third-order valence-electron chi connectivity index (χ3n) is 5.63. The van der Waals surface area contributed by atoms with Gasteiger partial charge in [-0.25, -0.2) is 0 Å². The predicted molar refractivity (Wildman–Crippen MR) is 133 cm³/mol. The van der Waals surface area contributed by atoms with Crippen LogP contribution < -0.4 is 29.0 Å². The first-order valence-electron chi connectivity index (χ1n) is 11.2. The van der Waals surface area contributed by atoms with Crippen molar-refractivity contribution >= 4 is 17.4 Å². The maximum Gasteiger partial charge on any atom is 0.203 e. The Balaban J connectivity index is 1.88. The van der Waals surface area contributed by atoms with E-state index >= 15 is 0 Å². The monoisotopic (exact) mass is 477 g/mol. The van der Waals surface area contributed by atoms with Crippen LogP contribution >= 0.6 is 11.8 Å². The molecule has 0 amide bonds. The van der Waals surface area contributed by atoms with Crippen molar-refractivity contribution in [2.45, 2.75) is 36.7 Å². The molecule has 1 saturated heterocycles. The summed E-state index contributed by atoms with van der Waals surface area (Å²) < 4.78 is 28.2. The number of thioether (sulfide) groups is 1. The largest absolute Gasteiger partial charge is 0.493 e. The molecule has 2 atom stereocenters. The quantitative estimate of drug-likeness (QED) is 0.431. The standard InChI is InChI=1S/C25H35NO6S/c1-6-11-32-24-18(26-9-10-27)12-16(13-19(24)28-2)22-7-8-23(33-22)17-14-20(29-3)25(31-5)21(15-17)30-4/h12-15,22-23,26-27H,6-11H2,1-5H3/t22-,23-/m1/s1. The first-order chi connectivity index (χ1) is 16.1. The molecule has 1 fully saturated rings. The highest BCUT2D eigenvalue weighted by atomic mass is 32.2. The number of aliphatic hydroxyl groups excluding tert-OH is 1. The SMILES string of the molecule is CCCOc1c(NCCO)cc([C@H]2CC[C@H](c3cc(OC)c(OC)c(OC)c3)S2)cc1OC. The van der Waals surface area contributed by atoms with Gasteiger partial charge in [-0.05, 0) is 54.7 Å². The Bertz CT molecular complexity index is 897. The predicted octanol–water partition coefficient (Wildman–Crippen LogP) is 5.22. The summed E-state index contributed by atoms with van der Waals surface area (Å²) in [6.07, 6.45) is 2.97. The van der Waals surface area contributed by atoms with E-state index in [-0.39, 0.29) is 6.61 Å². The lowest BCUT2D eigenvalue weighted by atomic mass is 10.0. The summed E-state index contributed by atoms with van der Waals surface area (Å²) in [5.41, 5.74) is 3.19. The average Bonchev–Trinajstić information content (AvgIpc) is 3.35. The minimum absolute atomic E-state index is 0.0428. The van der Waals surface area contributed by atoms with Crippen molar-refractivity contribution in [3.8, 4) is 28.7 Å². The fraction of sp³-hybridized carbons (Fsp3) is 0.520. The van der Waals surface area contributed by atoms with Gasteiger partial charge in [0.15, 0.2) is 23.0 Å². The Hall–Kier alpha value is -2.45. The van der Waals surface area contributed by atoms with Crippen LogP contribution in [0.25, 0.3) is 0 Å². The van der Waals surface area contributed by atoms with E-state index in [4.69, 9.17) is 23.7 Å². The summed E-state index contributed by atoms with van der Waals surface area (Å²) in [4.78, 5) is 0. The molecule has 1 aliphatic rings. The Morgan fingerprint density at radius 2 is 1.39 bits per heavy atom. The lowest BCUT2D eigenvalue weighted by Gasteiger charge is -2.20. The normalized spacial score (nSPS) is 17.5. The average molecular weight is 478 g/mol. The Morgan fingerprint density at radius 3 is 1.88 bits per heavy atom. The lowest BCUT2D eigenvalue weighted by Crippen LogP contribution is -2.09.